The maximum atomic E-state index is 5.82. The van der Waals surface area contributed by atoms with E-state index in [1.807, 2.05) is 13.0 Å². The summed E-state index contributed by atoms with van der Waals surface area (Å²) in [6.07, 6.45) is 2.67. The van der Waals surface area contributed by atoms with Gasteiger partial charge < -0.3 is 5.32 Å². The van der Waals surface area contributed by atoms with Gasteiger partial charge in [0.15, 0.2) is 0 Å². The Hall–Kier alpha value is -0.830. The van der Waals surface area contributed by atoms with E-state index in [9.17, 15) is 0 Å². The molecule has 1 heterocycles. The van der Waals surface area contributed by atoms with Crippen molar-refractivity contribution in [3.05, 3.63) is 18.0 Å². The second kappa shape index (κ2) is 5.48. The molecule has 16 heavy (non-hydrogen) atoms. The van der Waals surface area contributed by atoms with Crippen molar-refractivity contribution in [3.63, 3.8) is 0 Å². The van der Waals surface area contributed by atoms with E-state index in [1.54, 1.807) is 6.20 Å². The molecule has 4 heteroatoms. The highest BCUT2D eigenvalue weighted by molar-refractivity contribution is 6.17. The molecule has 1 rings (SSSR count). The number of halogens is 1. The number of nitrogens with one attached hydrogen (secondary N) is 1. The van der Waals surface area contributed by atoms with Crippen LogP contribution in [0.15, 0.2) is 12.3 Å². The van der Waals surface area contributed by atoms with E-state index >= 15 is 0 Å². The quantitative estimate of drug-likeness (QED) is 0.823. The predicted molar refractivity (Wildman–Crippen MR) is 69.0 cm³/mol. The molecule has 0 aliphatic heterocycles. The van der Waals surface area contributed by atoms with E-state index < -0.39 is 0 Å². The molecular weight excluding hydrogens is 222 g/mol. The Bertz CT molecular complexity index is 333. The summed E-state index contributed by atoms with van der Waals surface area (Å²) in [5, 5.41) is 3.35. The molecule has 0 amide bonds. The van der Waals surface area contributed by atoms with E-state index in [2.05, 4.69) is 36.1 Å². The second-order valence-corrected chi connectivity index (χ2v) is 5.44. The average Bonchev–Trinajstić information content (AvgIpc) is 2.16. The van der Waals surface area contributed by atoms with Gasteiger partial charge in [-0.15, -0.1) is 11.6 Å². The molecule has 0 radical (unpaired) electrons. The zero-order valence-electron chi connectivity index (χ0n) is 10.4. The summed E-state index contributed by atoms with van der Waals surface area (Å²) in [4.78, 5) is 8.55. The molecule has 90 valence electrons. The monoisotopic (exact) mass is 241 g/mol. The number of anilines is 1. The zero-order valence-corrected chi connectivity index (χ0v) is 11.2. The van der Waals surface area contributed by atoms with Gasteiger partial charge in [0.05, 0.1) is 0 Å². The first-order valence-electron chi connectivity index (χ1n) is 5.55. The van der Waals surface area contributed by atoms with Crippen LogP contribution in [0, 0.1) is 12.3 Å². The Labute approximate surface area is 103 Å². The minimum atomic E-state index is 0.141. The first kappa shape index (κ1) is 13.2. The van der Waals surface area contributed by atoms with Crippen molar-refractivity contribution in [1.29, 1.82) is 0 Å². The maximum Gasteiger partial charge on any atom is 0.223 e. The van der Waals surface area contributed by atoms with Gasteiger partial charge >= 0.3 is 0 Å². The lowest BCUT2D eigenvalue weighted by atomic mass is 9.85. The molecular formula is C12H20ClN3. The summed E-state index contributed by atoms with van der Waals surface area (Å²) in [6.45, 7) is 8.52. The summed E-state index contributed by atoms with van der Waals surface area (Å²) in [5.74, 6) is 1.32. The summed E-state index contributed by atoms with van der Waals surface area (Å²) in [6, 6.07) is 2.17. The topological polar surface area (TPSA) is 37.8 Å². The van der Waals surface area contributed by atoms with Crippen LogP contribution >= 0.6 is 11.6 Å². The van der Waals surface area contributed by atoms with Crippen molar-refractivity contribution < 1.29 is 0 Å². The van der Waals surface area contributed by atoms with Crippen LogP contribution in [0.2, 0.25) is 0 Å². The molecule has 1 aromatic heterocycles. The number of aryl methyl sites for hydroxylation is 1. The van der Waals surface area contributed by atoms with Crippen LogP contribution in [0.1, 0.15) is 32.9 Å². The summed E-state index contributed by atoms with van der Waals surface area (Å²) < 4.78 is 0. The van der Waals surface area contributed by atoms with Gasteiger partial charge in [0.2, 0.25) is 5.95 Å². The normalized spacial score (nSPS) is 13.6. The van der Waals surface area contributed by atoms with E-state index in [4.69, 9.17) is 11.6 Å². The van der Waals surface area contributed by atoms with Gasteiger partial charge in [-0.05, 0) is 24.8 Å². The smallest absolute Gasteiger partial charge is 0.223 e. The van der Waals surface area contributed by atoms with Gasteiger partial charge in [-0.2, -0.15) is 0 Å². The Morgan fingerprint density at radius 2 is 2.12 bits per heavy atom. The van der Waals surface area contributed by atoms with Gasteiger partial charge in [-0.3, -0.25) is 0 Å². The summed E-state index contributed by atoms with van der Waals surface area (Å²) in [5.41, 5.74) is 1.11. The van der Waals surface area contributed by atoms with E-state index in [-0.39, 0.29) is 11.5 Å². The Morgan fingerprint density at radius 1 is 1.44 bits per heavy atom. The van der Waals surface area contributed by atoms with Crippen molar-refractivity contribution >= 4 is 17.5 Å². The van der Waals surface area contributed by atoms with Crippen LogP contribution in [0.25, 0.3) is 0 Å². The van der Waals surface area contributed by atoms with Crippen molar-refractivity contribution in [2.75, 3.05) is 11.2 Å². The third-order valence-electron chi connectivity index (χ3n) is 2.54. The van der Waals surface area contributed by atoms with Gasteiger partial charge in [0.1, 0.15) is 0 Å². The van der Waals surface area contributed by atoms with Gasteiger partial charge in [-0.25, -0.2) is 9.97 Å². The average molecular weight is 242 g/mol. The lowest BCUT2D eigenvalue weighted by Gasteiger charge is -2.31. The molecule has 0 aliphatic carbocycles. The van der Waals surface area contributed by atoms with Crippen LogP contribution < -0.4 is 5.32 Å². The molecule has 0 aliphatic rings. The van der Waals surface area contributed by atoms with Gasteiger partial charge in [-0.1, -0.05) is 20.8 Å². The Kier molecular flexibility index (Phi) is 4.54. The molecule has 0 saturated heterocycles. The first-order valence-corrected chi connectivity index (χ1v) is 6.09. The molecule has 0 bridgehead atoms. The predicted octanol–water partition coefficient (Wildman–Crippen LogP) is 3.24. The zero-order chi connectivity index (χ0) is 12.2. The van der Waals surface area contributed by atoms with Crippen molar-refractivity contribution in [2.24, 2.45) is 5.41 Å². The minimum Gasteiger partial charge on any atom is -0.351 e. The highest BCUT2D eigenvalue weighted by Crippen LogP contribution is 2.24. The Morgan fingerprint density at radius 3 is 2.62 bits per heavy atom. The van der Waals surface area contributed by atoms with Crippen molar-refractivity contribution in [1.82, 2.24) is 9.97 Å². The van der Waals surface area contributed by atoms with Crippen molar-refractivity contribution in [2.45, 2.75) is 40.2 Å². The number of nitrogens with zero attached hydrogens (tertiary/aromatic N) is 2. The Balaban J connectivity index is 2.76. The fourth-order valence-electron chi connectivity index (χ4n) is 1.51. The third kappa shape index (κ3) is 3.97. The van der Waals surface area contributed by atoms with Gasteiger partial charge in [0, 0.05) is 23.8 Å². The van der Waals surface area contributed by atoms with Crippen LogP contribution in [0.5, 0.6) is 0 Å². The lowest BCUT2D eigenvalue weighted by Crippen LogP contribution is -2.35. The van der Waals surface area contributed by atoms with Crippen LogP contribution in [-0.4, -0.2) is 21.9 Å². The molecule has 3 nitrogen and oxygen atoms in total. The SMILES string of the molecule is Cc1ccnc(NC(CCCl)C(C)(C)C)n1. The maximum absolute atomic E-state index is 5.82. The largest absolute Gasteiger partial charge is 0.351 e. The standard InChI is InChI=1S/C12H20ClN3/c1-9-6-8-14-11(15-9)16-10(5-7-13)12(2,3)4/h6,8,10H,5,7H2,1-4H3,(H,14,15,16). The fraction of sp³-hybridized carbons (Fsp3) is 0.667. The summed E-state index contributed by atoms with van der Waals surface area (Å²) in [7, 11) is 0. The first-order chi connectivity index (χ1) is 7.43. The van der Waals surface area contributed by atoms with Crippen LogP contribution in [-0.2, 0) is 0 Å². The molecule has 0 spiro atoms. The molecule has 0 aromatic carbocycles. The molecule has 1 aromatic rings. The van der Waals surface area contributed by atoms with E-state index in [0.717, 1.165) is 12.1 Å². The number of aromatic nitrogens is 2. The number of hydrogen-bond acceptors (Lipinski definition) is 3. The van der Waals surface area contributed by atoms with E-state index in [0.29, 0.717) is 11.8 Å². The minimum absolute atomic E-state index is 0.141. The second-order valence-electron chi connectivity index (χ2n) is 5.06. The molecule has 1 unspecified atom stereocenters. The number of alkyl halides is 1. The molecule has 0 saturated carbocycles. The summed E-state index contributed by atoms with van der Waals surface area (Å²) >= 11 is 5.82. The number of hydrogen-bond donors (Lipinski definition) is 1. The fourth-order valence-corrected chi connectivity index (χ4v) is 1.72. The lowest BCUT2D eigenvalue weighted by molar-refractivity contribution is 0.333. The molecule has 0 fully saturated rings. The van der Waals surface area contributed by atoms with Crippen LogP contribution in [0.3, 0.4) is 0 Å². The van der Waals surface area contributed by atoms with Crippen LogP contribution in [0.4, 0.5) is 5.95 Å². The molecule has 1 atom stereocenters. The molecule has 1 N–H and O–H groups in total. The number of rotatable bonds is 4. The third-order valence-corrected chi connectivity index (χ3v) is 2.76. The van der Waals surface area contributed by atoms with E-state index in [1.165, 1.54) is 0 Å². The highest BCUT2D eigenvalue weighted by Gasteiger charge is 2.24. The van der Waals surface area contributed by atoms with Gasteiger partial charge in [0.25, 0.3) is 0 Å². The highest BCUT2D eigenvalue weighted by atomic mass is 35.5. The van der Waals surface area contributed by atoms with Crippen molar-refractivity contribution in [3.8, 4) is 0 Å².